The topological polar surface area (TPSA) is 78.7 Å². The Hall–Kier alpha value is -4.07. The number of ether oxygens (including phenoxy) is 3. The van der Waals surface area contributed by atoms with E-state index < -0.39 is 0 Å². The Balaban J connectivity index is 1.02. The van der Waals surface area contributed by atoms with Gasteiger partial charge in [-0.15, -0.1) is 0 Å². The van der Waals surface area contributed by atoms with E-state index in [1.54, 1.807) is 6.20 Å². The number of fused-ring (bicyclic) bond motifs is 2. The van der Waals surface area contributed by atoms with E-state index in [9.17, 15) is 4.79 Å². The van der Waals surface area contributed by atoms with E-state index in [1.807, 2.05) is 59.2 Å². The van der Waals surface area contributed by atoms with Crippen LogP contribution < -0.4 is 14.2 Å². The van der Waals surface area contributed by atoms with E-state index in [0.29, 0.717) is 18.5 Å². The maximum Gasteiger partial charge on any atom is 0.260 e. The molecule has 0 aliphatic carbocycles. The van der Waals surface area contributed by atoms with Crippen molar-refractivity contribution in [3.05, 3.63) is 66.5 Å². The molecule has 0 bridgehead atoms. The van der Waals surface area contributed by atoms with Crippen LogP contribution in [0.4, 0.5) is 0 Å². The number of hydrogen-bond acceptors (Lipinski definition) is 6. The van der Waals surface area contributed by atoms with Gasteiger partial charge >= 0.3 is 0 Å². The summed E-state index contributed by atoms with van der Waals surface area (Å²) in [6, 6.07) is 16.0. The van der Waals surface area contributed by atoms with Crippen LogP contribution in [-0.2, 0) is 18.3 Å². The Morgan fingerprint density at radius 2 is 1.95 bits per heavy atom. The molecule has 1 amide bonds. The Morgan fingerprint density at radius 1 is 1.08 bits per heavy atom. The number of benzene rings is 2. The minimum absolute atomic E-state index is 0.00962. The zero-order valence-electron chi connectivity index (χ0n) is 20.9. The molecule has 0 radical (unpaired) electrons. The normalized spacial score (nSPS) is 15.3. The third-order valence-electron chi connectivity index (χ3n) is 7.39. The zero-order chi connectivity index (χ0) is 25.2. The van der Waals surface area contributed by atoms with Gasteiger partial charge in [-0.1, -0.05) is 12.1 Å². The molecule has 37 heavy (non-hydrogen) atoms. The van der Waals surface area contributed by atoms with Gasteiger partial charge in [-0.3, -0.25) is 14.5 Å². The molecule has 4 aromatic rings. The molecular weight excluding hydrogens is 468 g/mol. The smallest absolute Gasteiger partial charge is 0.260 e. The van der Waals surface area contributed by atoms with Crippen LogP contribution in [0.5, 0.6) is 17.2 Å². The van der Waals surface area contributed by atoms with E-state index in [0.717, 1.165) is 72.4 Å². The first-order valence-corrected chi connectivity index (χ1v) is 12.8. The highest BCUT2D eigenvalue weighted by Crippen LogP contribution is 2.34. The van der Waals surface area contributed by atoms with Gasteiger partial charge in [0, 0.05) is 37.3 Å². The van der Waals surface area contributed by atoms with Crippen LogP contribution in [0.15, 0.2) is 60.9 Å². The Bertz CT molecular complexity index is 1420. The van der Waals surface area contributed by atoms with E-state index >= 15 is 0 Å². The minimum atomic E-state index is 0.00962. The summed E-state index contributed by atoms with van der Waals surface area (Å²) in [5.41, 5.74) is 3.98. The van der Waals surface area contributed by atoms with Gasteiger partial charge in [-0.25, -0.2) is 0 Å². The summed E-state index contributed by atoms with van der Waals surface area (Å²) in [5, 5.41) is 5.35. The number of aromatic nitrogens is 3. The molecule has 2 aliphatic rings. The van der Waals surface area contributed by atoms with Crippen LogP contribution >= 0.6 is 0 Å². The van der Waals surface area contributed by atoms with Gasteiger partial charge < -0.3 is 19.1 Å². The molecule has 190 valence electrons. The molecule has 1 saturated heterocycles. The Morgan fingerprint density at radius 3 is 2.84 bits per heavy atom. The number of pyridine rings is 1. The third kappa shape index (κ3) is 4.96. The first kappa shape index (κ1) is 23.3. The molecule has 0 unspecified atom stereocenters. The highest BCUT2D eigenvalue weighted by Gasteiger charge is 2.24. The van der Waals surface area contributed by atoms with Crippen molar-refractivity contribution in [1.29, 1.82) is 0 Å². The molecule has 2 aromatic carbocycles. The second-order valence-corrected chi connectivity index (χ2v) is 9.73. The van der Waals surface area contributed by atoms with Crippen molar-refractivity contribution in [1.82, 2.24) is 19.7 Å². The van der Waals surface area contributed by atoms with Crippen molar-refractivity contribution in [2.45, 2.75) is 25.7 Å². The molecule has 6 rings (SSSR count). The quantitative estimate of drug-likeness (QED) is 0.370. The zero-order valence-corrected chi connectivity index (χ0v) is 20.9. The highest BCUT2D eigenvalue weighted by molar-refractivity contribution is 5.85. The molecule has 1 fully saturated rings. The number of hydrogen-bond donors (Lipinski definition) is 0. The molecule has 0 N–H and O–H groups in total. The van der Waals surface area contributed by atoms with Crippen LogP contribution in [0.2, 0.25) is 0 Å². The van der Waals surface area contributed by atoms with Crippen LogP contribution in [0.1, 0.15) is 24.8 Å². The fourth-order valence-corrected chi connectivity index (χ4v) is 5.20. The van der Waals surface area contributed by atoms with Gasteiger partial charge in [-0.2, -0.15) is 5.10 Å². The third-order valence-corrected chi connectivity index (χ3v) is 7.39. The molecule has 0 atom stereocenters. The highest BCUT2D eigenvalue weighted by atomic mass is 16.7. The number of carbonyl (C=O) groups excluding carboxylic acids is 1. The molecule has 0 saturated carbocycles. The number of nitrogens with zero attached hydrogens (tertiary/aromatic N) is 4. The van der Waals surface area contributed by atoms with Crippen LogP contribution in [0, 0.1) is 5.92 Å². The van der Waals surface area contributed by atoms with Crippen LogP contribution in [0.3, 0.4) is 0 Å². The summed E-state index contributed by atoms with van der Waals surface area (Å²) in [6.45, 7) is 1.85. The maximum absolute atomic E-state index is 12.9. The lowest BCUT2D eigenvalue weighted by atomic mass is 9.90. The average molecular weight is 499 g/mol. The molecule has 4 heterocycles. The van der Waals surface area contributed by atoms with Crippen molar-refractivity contribution in [2.24, 2.45) is 13.0 Å². The number of rotatable bonds is 7. The second kappa shape index (κ2) is 10.1. The van der Waals surface area contributed by atoms with Crippen molar-refractivity contribution in [3.8, 4) is 28.5 Å². The minimum Gasteiger partial charge on any atom is -0.481 e. The SMILES string of the molecule is Cn1ncc2cc(-c3ncccc3OCC(=O)N3CCC(CCc4ccc5c(c4)OCO5)CC3)ccc21. The fraction of sp³-hybridized carbons (Fsp3) is 0.345. The predicted octanol–water partition coefficient (Wildman–Crippen LogP) is 4.61. The standard InChI is InChI=1S/C29H30N4O4/c1-32-24-8-7-22(16-23(24)17-31-32)29-26(3-2-12-30-29)35-18-28(34)33-13-10-20(11-14-33)4-5-21-6-9-25-27(15-21)37-19-36-25/h2-3,6-9,12,15-17,20H,4-5,10-11,13-14,18-19H2,1H3. The van der Waals surface area contributed by atoms with Gasteiger partial charge in [0.25, 0.3) is 5.91 Å². The largest absolute Gasteiger partial charge is 0.481 e. The second-order valence-electron chi connectivity index (χ2n) is 9.73. The summed E-state index contributed by atoms with van der Waals surface area (Å²) in [6.07, 6.45) is 7.72. The van der Waals surface area contributed by atoms with E-state index in [1.165, 1.54) is 5.56 Å². The number of aryl methyl sites for hydroxylation is 2. The predicted molar refractivity (Wildman–Crippen MR) is 140 cm³/mol. The monoisotopic (exact) mass is 498 g/mol. The molecular formula is C29H30N4O4. The van der Waals surface area contributed by atoms with Crippen LogP contribution in [0.25, 0.3) is 22.2 Å². The summed E-state index contributed by atoms with van der Waals surface area (Å²) < 4.78 is 18.7. The van der Waals surface area contributed by atoms with E-state index in [-0.39, 0.29) is 12.5 Å². The lowest BCUT2D eigenvalue weighted by molar-refractivity contribution is -0.134. The number of carbonyl (C=O) groups is 1. The van der Waals surface area contributed by atoms with Crippen molar-refractivity contribution in [3.63, 3.8) is 0 Å². The Kier molecular flexibility index (Phi) is 6.39. The van der Waals surface area contributed by atoms with Crippen molar-refractivity contribution >= 4 is 16.8 Å². The van der Waals surface area contributed by atoms with Crippen LogP contribution in [-0.4, -0.2) is 52.1 Å². The van der Waals surface area contributed by atoms with Gasteiger partial charge in [0.1, 0.15) is 11.4 Å². The maximum atomic E-state index is 12.9. The molecule has 2 aromatic heterocycles. The number of likely N-dealkylation sites (tertiary alicyclic amines) is 1. The summed E-state index contributed by atoms with van der Waals surface area (Å²) in [4.78, 5) is 19.4. The Labute approximate surface area is 215 Å². The number of amides is 1. The fourth-order valence-electron chi connectivity index (χ4n) is 5.20. The van der Waals surface area contributed by atoms with Gasteiger partial charge in [0.15, 0.2) is 18.1 Å². The molecule has 0 spiro atoms. The van der Waals surface area contributed by atoms with Crippen molar-refractivity contribution in [2.75, 3.05) is 26.5 Å². The average Bonchev–Trinajstić information content (AvgIpc) is 3.56. The van der Waals surface area contributed by atoms with Gasteiger partial charge in [0.05, 0.1) is 11.7 Å². The molecule has 8 nitrogen and oxygen atoms in total. The lowest BCUT2D eigenvalue weighted by Crippen LogP contribution is -2.41. The summed E-state index contributed by atoms with van der Waals surface area (Å²) >= 11 is 0. The van der Waals surface area contributed by atoms with Crippen molar-refractivity contribution < 1.29 is 19.0 Å². The molecule has 2 aliphatic heterocycles. The van der Waals surface area contributed by atoms with Gasteiger partial charge in [-0.05, 0) is 73.6 Å². The lowest BCUT2D eigenvalue weighted by Gasteiger charge is -2.32. The van der Waals surface area contributed by atoms with E-state index in [4.69, 9.17) is 14.2 Å². The summed E-state index contributed by atoms with van der Waals surface area (Å²) in [7, 11) is 1.92. The van der Waals surface area contributed by atoms with Gasteiger partial charge in [0.2, 0.25) is 6.79 Å². The first-order valence-electron chi connectivity index (χ1n) is 12.8. The first-order chi connectivity index (χ1) is 18.1. The molecule has 8 heteroatoms. The summed E-state index contributed by atoms with van der Waals surface area (Å²) in [5.74, 6) is 2.91. The number of piperidine rings is 1. The van der Waals surface area contributed by atoms with E-state index in [2.05, 4.69) is 22.2 Å².